The summed E-state index contributed by atoms with van der Waals surface area (Å²) in [7, 11) is 0. The highest BCUT2D eigenvalue weighted by molar-refractivity contribution is 6.35. The van der Waals surface area contributed by atoms with Crippen molar-refractivity contribution < 1.29 is 9.05 Å². The number of benzene rings is 2. The van der Waals surface area contributed by atoms with Crippen LogP contribution in [0.25, 0.3) is 21.9 Å². The van der Waals surface area contributed by atoms with Crippen LogP contribution in [0.4, 0.5) is 5.82 Å². The van der Waals surface area contributed by atoms with Crippen molar-refractivity contribution in [3.05, 3.63) is 59.6 Å². The summed E-state index contributed by atoms with van der Waals surface area (Å²) in [5.74, 6) is 1.98. The minimum Gasteiger partial charge on any atom is -0.380 e. The van der Waals surface area contributed by atoms with E-state index in [1.165, 1.54) is 32.5 Å². The van der Waals surface area contributed by atoms with Crippen molar-refractivity contribution in [2.75, 3.05) is 25.4 Å². The topological polar surface area (TPSA) is 81.3 Å². The van der Waals surface area contributed by atoms with Crippen molar-refractivity contribution >= 4 is 51.0 Å². The van der Waals surface area contributed by atoms with E-state index in [0.717, 1.165) is 40.3 Å². The van der Waals surface area contributed by atoms with E-state index < -0.39 is 0 Å². The van der Waals surface area contributed by atoms with Gasteiger partial charge in [-0.15, -0.1) is 0 Å². The SMILES string of the molecule is Clc1cccc2c(CC3CN4CCC3CC4)noc12.Nc1noc2c(Cl)cccc12.[CH3-]. The van der Waals surface area contributed by atoms with E-state index in [4.69, 9.17) is 38.0 Å². The zero-order chi connectivity index (χ0) is 20.7. The molecule has 3 aliphatic heterocycles. The number of piperidine rings is 3. The fourth-order valence-corrected chi connectivity index (χ4v) is 5.06. The number of fused-ring (bicyclic) bond motifs is 5. The Morgan fingerprint density at radius 1 is 0.935 bits per heavy atom. The van der Waals surface area contributed by atoms with Crippen LogP contribution in [-0.2, 0) is 6.42 Å². The maximum absolute atomic E-state index is 6.13. The van der Waals surface area contributed by atoms with E-state index in [-0.39, 0.29) is 7.43 Å². The molecule has 2 aromatic carbocycles. The second-order valence-corrected chi connectivity index (χ2v) is 8.85. The number of hydrogen-bond acceptors (Lipinski definition) is 6. The van der Waals surface area contributed by atoms with Gasteiger partial charge in [0.2, 0.25) is 0 Å². The van der Waals surface area contributed by atoms with Crippen LogP contribution in [0.5, 0.6) is 0 Å². The molecule has 6 nitrogen and oxygen atoms in total. The number of nitrogen functional groups attached to an aromatic ring is 1. The van der Waals surface area contributed by atoms with Gasteiger partial charge in [-0.05, 0) is 68.5 Å². The van der Waals surface area contributed by atoms with Crippen molar-refractivity contribution in [3.63, 3.8) is 0 Å². The second kappa shape index (κ2) is 9.07. The molecule has 5 heterocycles. The molecule has 3 saturated heterocycles. The lowest BCUT2D eigenvalue weighted by atomic mass is 9.77. The Kier molecular flexibility index (Phi) is 6.42. The molecule has 2 bridgehead atoms. The van der Waals surface area contributed by atoms with Gasteiger partial charge in [-0.3, -0.25) is 0 Å². The van der Waals surface area contributed by atoms with Gasteiger partial charge in [-0.2, -0.15) is 0 Å². The molecule has 1 atom stereocenters. The van der Waals surface area contributed by atoms with Crippen LogP contribution in [0.2, 0.25) is 10.0 Å². The summed E-state index contributed by atoms with van der Waals surface area (Å²) in [6.45, 7) is 3.79. The molecule has 0 radical (unpaired) electrons. The number of nitrogens with zero attached hydrogens (tertiary/aromatic N) is 3. The van der Waals surface area contributed by atoms with E-state index >= 15 is 0 Å². The van der Waals surface area contributed by atoms with E-state index in [1.807, 2.05) is 18.2 Å². The molecular weight excluding hydrogens is 435 g/mol. The normalized spacial score (nSPS) is 22.2. The molecule has 164 valence electrons. The van der Waals surface area contributed by atoms with E-state index in [2.05, 4.69) is 21.3 Å². The predicted molar refractivity (Wildman–Crippen MR) is 125 cm³/mol. The summed E-state index contributed by atoms with van der Waals surface area (Å²) < 4.78 is 10.3. The number of nitrogens with two attached hydrogens (primary N) is 1. The first-order chi connectivity index (χ1) is 14.6. The average molecular weight is 460 g/mol. The number of aromatic nitrogens is 2. The van der Waals surface area contributed by atoms with Crippen molar-refractivity contribution in [3.8, 4) is 0 Å². The molecule has 0 saturated carbocycles. The van der Waals surface area contributed by atoms with Gasteiger partial charge in [0.1, 0.15) is 0 Å². The lowest BCUT2D eigenvalue weighted by Crippen LogP contribution is -2.48. The Hall–Kier alpha value is -2.28. The van der Waals surface area contributed by atoms with Gasteiger partial charge < -0.3 is 27.1 Å². The van der Waals surface area contributed by atoms with Crippen molar-refractivity contribution in [1.29, 1.82) is 0 Å². The van der Waals surface area contributed by atoms with Crippen LogP contribution in [0.3, 0.4) is 0 Å². The molecule has 3 fully saturated rings. The molecule has 8 heteroatoms. The summed E-state index contributed by atoms with van der Waals surface area (Å²) in [5.41, 5.74) is 7.85. The zero-order valence-electron chi connectivity index (χ0n) is 17.4. The largest absolute Gasteiger partial charge is 0.380 e. The summed E-state index contributed by atoms with van der Waals surface area (Å²) in [6.07, 6.45) is 3.72. The molecule has 31 heavy (non-hydrogen) atoms. The summed E-state index contributed by atoms with van der Waals surface area (Å²) in [4.78, 5) is 2.58. The molecule has 3 aliphatic rings. The first-order valence-corrected chi connectivity index (χ1v) is 10.9. The standard InChI is InChI=1S/C15H17ClN2O.C7H5ClN2O.CH3/c16-13-3-1-2-12-14(17-19-15(12)13)8-11-9-18-6-4-10(11)5-7-18;8-5-3-1-2-4-6(5)11-10-7(4)9;/h1-3,10-11H,4-9H2;1-3H,(H2,9,10);1H3/q;;-1. The van der Waals surface area contributed by atoms with E-state index in [0.29, 0.717) is 21.4 Å². The Bertz CT molecular complexity index is 1180. The maximum atomic E-state index is 6.13. The number of rotatable bonds is 2. The van der Waals surface area contributed by atoms with Gasteiger partial charge >= 0.3 is 0 Å². The van der Waals surface area contributed by atoms with Gasteiger partial charge in [0.15, 0.2) is 17.0 Å². The highest BCUT2D eigenvalue weighted by atomic mass is 35.5. The van der Waals surface area contributed by atoms with Gasteiger partial charge in [0.25, 0.3) is 0 Å². The Balaban J connectivity index is 0.000000165. The van der Waals surface area contributed by atoms with Crippen molar-refractivity contribution in [2.45, 2.75) is 19.3 Å². The molecule has 0 spiro atoms. The molecule has 1 unspecified atom stereocenters. The Morgan fingerprint density at radius 2 is 1.55 bits per heavy atom. The molecule has 0 amide bonds. The van der Waals surface area contributed by atoms with Crippen LogP contribution in [-0.4, -0.2) is 34.8 Å². The Labute approximate surface area is 191 Å². The van der Waals surface area contributed by atoms with Gasteiger partial charge in [-0.25, -0.2) is 0 Å². The molecular formula is C23H25Cl2N4O2-. The van der Waals surface area contributed by atoms with Crippen LogP contribution < -0.4 is 5.73 Å². The molecule has 7 rings (SSSR count). The lowest BCUT2D eigenvalue weighted by Gasteiger charge is -2.44. The van der Waals surface area contributed by atoms with Crippen LogP contribution in [0, 0.1) is 19.3 Å². The first-order valence-electron chi connectivity index (χ1n) is 10.1. The second-order valence-electron chi connectivity index (χ2n) is 8.03. The smallest absolute Gasteiger partial charge is 0.187 e. The first kappa shape index (κ1) is 21.9. The molecule has 2 N–H and O–H groups in total. The number of halogens is 2. The number of para-hydroxylation sites is 2. The highest BCUT2D eigenvalue weighted by Gasteiger charge is 2.34. The fraction of sp³-hybridized carbons (Fsp3) is 0.348. The minimum absolute atomic E-state index is 0. The summed E-state index contributed by atoms with van der Waals surface area (Å²) >= 11 is 11.9. The predicted octanol–water partition coefficient (Wildman–Crippen LogP) is 5.88. The summed E-state index contributed by atoms with van der Waals surface area (Å²) in [5, 5.41) is 10.9. The van der Waals surface area contributed by atoms with Crippen LogP contribution in [0.15, 0.2) is 45.4 Å². The summed E-state index contributed by atoms with van der Waals surface area (Å²) in [6, 6.07) is 11.2. The van der Waals surface area contributed by atoms with Gasteiger partial charge in [0.05, 0.1) is 21.1 Å². The maximum Gasteiger partial charge on any atom is 0.187 e. The fourth-order valence-electron chi connectivity index (χ4n) is 4.64. The van der Waals surface area contributed by atoms with Gasteiger partial charge in [0, 0.05) is 11.9 Å². The number of anilines is 1. The molecule has 4 aromatic rings. The third-order valence-electron chi connectivity index (χ3n) is 6.25. The zero-order valence-corrected chi connectivity index (χ0v) is 18.9. The lowest BCUT2D eigenvalue weighted by molar-refractivity contribution is 0.0506. The van der Waals surface area contributed by atoms with Gasteiger partial charge in [-0.1, -0.05) is 45.6 Å². The van der Waals surface area contributed by atoms with E-state index in [9.17, 15) is 0 Å². The van der Waals surface area contributed by atoms with Crippen LogP contribution >= 0.6 is 23.2 Å². The quantitative estimate of drug-likeness (QED) is 0.377. The average Bonchev–Trinajstić information content (AvgIpc) is 3.35. The third kappa shape index (κ3) is 4.25. The number of hydrogen-bond donors (Lipinski definition) is 1. The monoisotopic (exact) mass is 459 g/mol. The minimum atomic E-state index is 0. The highest BCUT2D eigenvalue weighted by Crippen LogP contribution is 2.36. The van der Waals surface area contributed by atoms with Crippen LogP contribution in [0.1, 0.15) is 18.5 Å². The molecule has 0 aliphatic carbocycles. The Morgan fingerprint density at radius 3 is 2.16 bits per heavy atom. The molecule has 2 aromatic heterocycles. The van der Waals surface area contributed by atoms with Crippen molar-refractivity contribution in [1.82, 2.24) is 15.2 Å². The van der Waals surface area contributed by atoms with E-state index in [1.54, 1.807) is 12.1 Å². The third-order valence-corrected chi connectivity index (χ3v) is 6.85. The van der Waals surface area contributed by atoms with Crippen molar-refractivity contribution in [2.24, 2.45) is 11.8 Å².